The SMILES string of the molecule is Cc1c(COc2cc(OCc3cccc(C#N)c3)c(CN[C@H](C(=O)O)C(C)O)cc2[N+](=O)[O-])cccc1-c1cccc(-c2nnc(CO)o2)c1C. The van der Waals surface area contributed by atoms with Gasteiger partial charge in [-0.15, -0.1) is 10.2 Å². The van der Waals surface area contributed by atoms with Crippen LogP contribution in [-0.2, 0) is 31.2 Å². The maximum atomic E-state index is 12.3. The predicted molar refractivity (Wildman–Crippen MR) is 183 cm³/mol. The van der Waals surface area contributed by atoms with E-state index in [0.717, 1.165) is 27.8 Å². The standard InChI is InChI=1S/C37H35N5O9/c1-21-26(9-5-10-28(21)29-11-6-12-30(22(29)2)36-41-40-34(18-43)51-36)20-50-33-15-32(49-19-25-8-4-7-24(13-25)16-38)27(14-31(33)42(47)48)17-39-35(23(3)44)37(45)46/h4-15,23,35,39,43-44H,17-20H2,1-3H3,(H,45,46)/t23?,35-/m0/s1. The largest absolute Gasteiger partial charge is 0.488 e. The van der Waals surface area contributed by atoms with Crippen molar-refractivity contribution in [2.45, 2.75) is 59.3 Å². The van der Waals surface area contributed by atoms with E-state index in [-0.39, 0.29) is 60.9 Å². The minimum atomic E-state index is -1.34. The number of nitro groups is 1. The van der Waals surface area contributed by atoms with E-state index in [1.807, 2.05) is 50.2 Å². The van der Waals surface area contributed by atoms with Crippen LogP contribution >= 0.6 is 0 Å². The third-order valence-electron chi connectivity index (χ3n) is 8.34. The molecule has 2 atom stereocenters. The molecule has 0 aliphatic carbocycles. The molecule has 0 radical (unpaired) electrons. The molecule has 262 valence electrons. The van der Waals surface area contributed by atoms with Crippen molar-refractivity contribution in [2.75, 3.05) is 0 Å². The molecule has 0 spiro atoms. The molecule has 1 heterocycles. The normalized spacial score (nSPS) is 12.2. The Morgan fingerprint density at radius 1 is 0.961 bits per heavy atom. The molecule has 0 fully saturated rings. The summed E-state index contributed by atoms with van der Waals surface area (Å²) in [5.74, 6) is -0.797. The van der Waals surface area contributed by atoms with Crippen molar-refractivity contribution in [2.24, 2.45) is 0 Å². The Morgan fingerprint density at radius 3 is 2.31 bits per heavy atom. The zero-order valence-electron chi connectivity index (χ0n) is 28.0. The molecule has 14 heteroatoms. The smallest absolute Gasteiger partial charge is 0.323 e. The number of aliphatic hydroxyl groups excluding tert-OH is 2. The van der Waals surface area contributed by atoms with Crippen molar-refractivity contribution in [1.82, 2.24) is 15.5 Å². The van der Waals surface area contributed by atoms with Crippen molar-refractivity contribution in [3.63, 3.8) is 0 Å². The Bertz CT molecular complexity index is 2100. The summed E-state index contributed by atoms with van der Waals surface area (Å²) < 4.78 is 17.8. The molecule has 1 unspecified atom stereocenters. The lowest BCUT2D eigenvalue weighted by Gasteiger charge is -2.19. The molecule has 0 bridgehead atoms. The maximum absolute atomic E-state index is 12.3. The molecule has 4 N–H and O–H groups in total. The lowest BCUT2D eigenvalue weighted by molar-refractivity contribution is -0.386. The first-order chi connectivity index (χ1) is 24.5. The Kier molecular flexibility index (Phi) is 11.4. The Morgan fingerprint density at radius 2 is 1.65 bits per heavy atom. The number of aliphatic hydroxyl groups is 2. The molecule has 5 aromatic rings. The zero-order chi connectivity index (χ0) is 36.7. The number of carboxylic acid groups (broad SMARTS) is 1. The fraction of sp³-hybridized carbons (Fsp3) is 0.243. The summed E-state index contributed by atoms with van der Waals surface area (Å²) in [4.78, 5) is 23.4. The number of carbonyl (C=O) groups is 1. The third kappa shape index (κ3) is 8.36. The van der Waals surface area contributed by atoms with E-state index in [1.54, 1.807) is 24.3 Å². The van der Waals surface area contributed by atoms with Crippen LogP contribution in [0.4, 0.5) is 5.69 Å². The summed E-state index contributed by atoms with van der Waals surface area (Å²) in [5.41, 5.74) is 5.99. The van der Waals surface area contributed by atoms with Crippen LogP contribution in [0.1, 0.15) is 46.2 Å². The van der Waals surface area contributed by atoms with E-state index in [2.05, 4.69) is 21.6 Å². The highest BCUT2D eigenvalue weighted by atomic mass is 16.6. The summed E-state index contributed by atoms with van der Waals surface area (Å²) in [6, 6.07) is 21.5. The minimum Gasteiger partial charge on any atom is -0.488 e. The number of benzene rings is 4. The summed E-state index contributed by atoms with van der Waals surface area (Å²) in [5, 5.41) is 61.0. The molecular weight excluding hydrogens is 658 g/mol. The van der Waals surface area contributed by atoms with Gasteiger partial charge in [0.25, 0.3) is 0 Å². The summed E-state index contributed by atoms with van der Waals surface area (Å²) in [6.07, 6.45) is -1.25. The Balaban J connectivity index is 1.46. The first-order valence-electron chi connectivity index (χ1n) is 15.8. The van der Waals surface area contributed by atoms with Crippen LogP contribution in [-0.4, -0.2) is 48.6 Å². The van der Waals surface area contributed by atoms with Crippen LogP contribution < -0.4 is 14.8 Å². The van der Waals surface area contributed by atoms with Gasteiger partial charge in [0.15, 0.2) is 0 Å². The summed E-state index contributed by atoms with van der Waals surface area (Å²) >= 11 is 0. The second-order valence-corrected chi connectivity index (χ2v) is 11.7. The van der Waals surface area contributed by atoms with E-state index in [0.29, 0.717) is 16.7 Å². The number of nitrogens with zero attached hydrogens (tertiary/aromatic N) is 4. The van der Waals surface area contributed by atoms with Gasteiger partial charge in [-0.25, -0.2) is 0 Å². The van der Waals surface area contributed by atoms with Crippen molar-refractivity contribution < 1.29 is 38.9 Å². The van der Waals surface area contributed by atoms with Crippen molar-refractivity contribution >= 4 is 11.7 Å². The van der Waals surface area contributed by atoms with Crippen LogP contribution in [0.3, 0.4) is 0 Å². The lowest BCUT2D eigenvalue weighted by atomic mass is 9.91. The third-order valence-corrected chi connectivity index (χ3v) is 8.34. The number of carboxylic acids is 1. The average molecular weight is 694 g/mol. The maximum Gasteiger partial charge on any atom is 0.323 e. The highest BCUT2D eigenvalue weighted by molar-refractivity contribution is 5.77. The van der Waals surface area contributed by atoms with Gasteiger partial charge in [-0.05, 0) is 72.4 Å². The van der Waals surface area contributed by atoms with Crippen LogP contribution in [0.15, 0.2) is 77.2 Å². The second-order valence-electron chi connectivity index (χ2n) is 11.7. The van der Waals surface area contributed by atoms with Crippen LogP contribution in [0.5, 0.6) is 11.5 Å². The van der Waals surface area contributed by atoms with Gasteiger partial charge in [-0.2, -0.15) is 5.26 Å². The van der Waals surface area contributed by atoms with E-state index >= 15 is 0 Å². The topological polar surface area (TPSA) is 214 Å². The molecule has 4 aromatic carbocycles. The van der Waals surface area contributed by atoms with Crippen molar-refractivity contribution in [1.29, 1.82) is 5.26 Å². The van der Waals surface area contributed by atoms with Gasteiger partial charge < -0.3 is 29.2 Å². The van der Waals surface area contributed by atoms with E-state index in [9.17, 15) is 35.5 Å². The van der Waals surface area contributed by atoms with E-state index in [4.69, 9.17) is 13.9 Å². The summed E-state index contributed by atoms with van der Waals surface area (Å²) in [7, 11) is 0. The van der Waals surface area contributed by atoms with Crippen molar-refractivity contribution in [3.05, 3.63) is 122 Å². The number of aliphatic carboxylic acids is 1. The number of hydrogen-bond donors (Lipinski definition) is 4. The molecule has 51 heavy (non-hydrogen) atoms. The fourth-order valence-electron chi connectivity index (χ4n) is 5.57. The second kappa shape index (κ2) is 16.0. The van der Waals surface area contributed by atoms with E-state index in [1.165, 1.54) is 19.1 Å². The lowest BCUT2D eigenvalue weighted by Crippen LogP contribution is -2.44. The predicted octanol–water partition coefficient (Wildman–Crippen LogP) is 5.37. The molecule has 0 aliphatic rings. The molecule has 0 saturated carbocycles. The molecule has 1 aromatic heterocycles. The van der Waals surface area contributed by atoms with Crippen LogP contribution in [0.2, 0.25) is 0 Å². The highest BCUT2D eigenvalue weighted by Gasteiger charge is 2.26. The van der Waals surface area contributed by atoms with Gasteiger partial charge in [0.1, 0.15) is 31.6 Å². The van der Waals surface area contributed by atoms with Gasteiger partial charge in [0, 0.05) is 29.8 Å². The molecule has 0 amide bonds. The monoisotopic (exact) mass is 693 g/mol. The molecule has 0 saturated heterocycles. The molecule has 5 rings (SSSR count). The molecular formula is C37H35N5O9. The highest BCUT2D eigenvalue weighted by Crippen LogP contribution is 2.38. The summed E-state index contributed by atoms with van der Waals surface area (Å²) in [6.45, 7) is 4.58. The number of ether oxygens (including phenoxy) is 2. The first-order valence-corrected chi connectivity index (χ1v) is 15.8. The number of rotatable bonds is 15. The Labute approximate surface area is 292 Å². The number of nitrogens with one attached hydrogen (secondary N) is 1. The Hall–Kier alpha value is -6.14. The van der Waals surface area contributed by atoms with Gasteiger partial charge in [0.2, 0.25) is 17.5 Å². The quantitative estimate of drug-likeness (QED) is 0.0802. The van der Waals surface area contributed by atoms with Crippen LogP contribution in [0, 0.1) is 35.3 Å². The number of aromatic nitrogens is 2. The number of nitriles is 1. The average Bonchev–Trinajstić information content (AvgIpc) is 3.60. The number of nitro benzene ring substituents is 1. The minimum absolute atomic E-state index is 0.00298. The first kappa shape index (κ1) is 36.1. The fourth-order valence-corrected chi connectivity index (χ4v) is 5.57. The number of hydrogen-bond acceptors (Lipinski definition) is 12. The van der Waals surface area contributed by atoms with E-state index < -0.39 is 23.0 Å². The molecule has 14 nitrogen and oxygen atoms in total. The van der Waals surface area contributed by atoms with Crippen molar-refractivity contribution in [3.8, 4) is 40.1 Å². The van der Waals surface area contributed by atoms with Gasteiger partial charge in [-0.1, -0.05) is 42.5 Å². The zero-order valence-corrected chi connectivity index (χ0v) is 28.0. The van der Waals surface area contributed by atoms with Gasteiger partial charge in [0.05, 0.1) is 22.7 Å². The van der Waals surface area contributed by atoms with Crippen LogP contribution in [0.25, 0.3) is 22.6 Å². The van der Waals surface area contributed by atoms with Gasteiger partial charge in [-0.3, -0.25) is 20.2 Å². The van der Waals surface area contributed by atoms with Gasteiger partial charge >= 0.3 is 11.7 Å². The molecule has 0 aliphatic heterocycles.